The molecule has 1 aromatic carbocycles. The summed E-state index contributed by atoms with van der Waals surface area (Å²) in [6, 6.07) is 9.10. The number of hydrogen-bond donors (Lipinski definition) is 0. The van der Waals surface area contributed by atoms with Gasteiger partial charge >= 0.3 is 0 Å². The van der Waals surface area contributed by atoms with Crippen LogP contribution in [0.4, 0.5) is 0 Å². The molecule has 0 amide bonds. The van der Waals surface area contributed by atoms with Crippen molar-refractivity contribution in [1.29, 1.82) is 0 Å². The summed E-state index contributed by atoms with van der Waals surface area (Å²) in [6.45, 7) is 0. The van der Waals surface area contributed by atoms with E-state index in [9.17, 15) is 4.79 Å². The van der Waals surface area contributed by atoms with Gasteiger partial charge in [0, 0.05) is 54.9 Å². The van der Waals surface area contributed by atoms with Crippen LogP contribution in [0.3, 0.4) is 0 Å². The van der Waals surface area contributed by atoms with Crippen LogP contribution in [0, 0.1) is 49.4 Å². The quantitative estimate of drug-likeness (QED) is 0.698. The van der Waals surface area contributed by atoms with Crippen molar-refractivity contribution in [2.75, 3.05) is 0 Å². The molecule has 0 aliphatic rings. The molecule has 0 heterocycles. The van der Waals surface area contributed by atoms with E-state index in [1.165, 1.54) is 0 Å². The number of carbonyl (C=O) groups excluding carboxylic acids is 1. The maximum absolute atomic E-state index is 10.0. The van der Waals surface area contributed by atoms with Gasteiger partial charge in [-0.1, -0.05) is 30.3 Å². The van der Waals surface area contributed by atoms with Crippen LogP contribution in [-0.4, -0.2) is 6.29 Å². The second-order valence-electron chi connectivity index (χ2n) is 1.53. The summed E-state index contributed by atoms with van der Waals surface area (Å²) in [5.74, 6) is 0. The fourth-order valence-corrected chi connectivity index (χ4v) is 0.532. The predicted molar refractivity (Wildman–Crippen MR) is 31.8 cm³/mol. The molecule has 1 rings (SSSR count). The molecule has 1 nitrogen and oxygen atoms in total. The van der Waals surface area contributed by atoms with Gasteiger partial charge in [0.25, 0.3) is 0 Å². The Morgan fingerprint density at radius 3 is 2.00 bits per heavy atom. The van der Waals surface area contributed by atoms with Crippen molar-refractivity contribution >= 4 is 6.29 Å². The molecule has 0 aromatic heterocycles. The molecule has 0 atom stereocenters. The molecule has 0 N–H and O–H groups in total. The fraction of sp³-hybridized carbons (Fsp3) is 0. The average Bonchev–Trinajstić information content (AvgIpc) is 1.90. The smallest absolute Gasteiger partial charge is 0.150 e. The molecule has 0 saturated heterocycles. The zero-order chi connectivity index (χ0) is 5.82. The third-order valence-electron chi connectivity index (χ3n) is 0.936. The maximum Gasteiger partial charge on any atom is 0.150 e. The van der Waals surface area contributed by atoms with Gasteiger partial charge in [0.1, 0.15) is 6.29 Å². The van der Waals surface area contributed by atoms with E-state index in [0.29, 0.717) is 0 Å². The molecule has 1 aromatic rings. The molecule has 0 fully saturated rings. The summed E-state index contributed by atoms with van der Waals surface area (Å²) in [5.41, 5.74) is 0.729. The van der Waals surface area contributed by atoms with Crippen molar-refractivity contribution in [2.24, 2.45) is 0 Å². The fourth-order valence-electron chi connectivity index (χ4n) is 0.532. The summed E-state index contributed by atoms with van der Waals surface area (Å²) >= 11 is 0. The van der Waals surface area contributed by atoms with Gasteiger partial charge in [-0.3, -0.25) is 4.79 Å². The minimum Gasteiger partial charge on any atom is -0.298 e. The molecule has 0 unspecified atom stereocenters. The Balaban J connectivity index is 0.000000640. The van der Waals surface area contributed by atoms with Gasteiger partial charge in [0.2, 0.25) is 0 Å². The molecule has 47 valence electrons. The number of carbonyl (C=O) groups is 1. The topological polar surface area (TPSA) is 17.1 Å². The van der Waals surface area contributed by atoms with Crippen LogP contribution in [0.25, 0.3) is 0 Å². The molecule has 0 aliphatic heterocycles. The molecule has 0 bridgehead atoms. The van der Waals surface area contributed by atoms with Crippen LogP contribution >= 0.6 is 0 Å². The van der Waals surface area contributed by atoms with E-state index in [1.54, 1.807) is 12.1 Å². The summed E-state index contributed by atoms with van der Waals surface area (Å²) in [4.78, 5) is 10.0. The molecule has 0 saturated carbocycles. The Kier molecular flexibility index (Phi) is 5.55. The molecule has 2 heteroatoms. The van der Waals surface area contributed by atoms with E-state index in [1.807, 2.05) is 18.2 Å². The first kappa shape index (κ1) is 9.47. The predicted octanol–water partition coefficient (Wildman–Crippen LogP) is 1.50. The normalized spacial score (nSPS) is 7.56. The van der Waals surface area contributed by atoms with Gasteiger partial charge in [-0.2, -0.15) is 0 Å². The monoisotopic (exact) mass is 259 g/mol. The van der Waals surface area contributed by atoms with Crippen LogP contribution in [-0.2, 0) is 0 Å². The third-order valence-corrected chi connectivity index (χ3v) is 0.936. The maximum atomic E-state index is 10.0. The summed E-state index contributed by atoms with van der Waals surface area (Å²) in [6.07, 6.45) is 0.833. The van der Waals surface area contributed by atoms with Gasteiger partial charge in [-0.15, -0.1) is 0 Å². The minimum absolute atomic E-state index is 0. The van der Waals surface area contributed by atoms with E-state index >= 15 is 0 Å². The number of rotatable bonds is 1. The Bertz CT molecular complexity index is 172. The zero-order valence-corrected chi connectivity index (χ0v) is 7.18. The molecule has 9 heavy (non-hydrogen) atoms. The molecular weight excluding hydrogens is 252 g/mol. The van der Waals surface area contributed by atoms with E-state index in [4.69, 9.17) is 0 Å². The molecule has 0 spiro atoms. The standard InChI is InChI=1S/C7H6O.Eu/c8-6-7-4-2-1-3-5-7;/h1-6H;. The number of benzene rings is 1. The van der Waals surface area contributed by atoms with Crippen LogP contribution in [0.15, 0.2) is 30.3 Å². The van der Waals surface area contributed by atoms with E-state index in [-0.39, 0.29) is 49.4 Å². The van der Waals surface area contributed by atoms with E-state index in [0.717, 1.165) is 11.8 Å². The van der Waals surface area contributed by atoms with Crippen LogP contribution < -0.4 is 0 Å². The summed E-state index contributed by atoms with van der Waals surface area (Å²) in [7, 11) is 0. The van der Waals surface area contributed by atoms with Gasteiger partial charge < -0.3 is 0 Å². The Morgan fingerprint density at radius 2 is 1.67 bits per heavy atom. The first-order valence-electron chi connectivity index (χ1n) is 2.44. The molecule has 0 aliphatic carbocycles. The molecule has 1 radical (unpaired) electrons. The SMILES string of the molecule is O=Cc1ccccc1.[Eu]. The third kappa shape index (κ3) is 3.24. The van der Waals surface area contributed by atoms with Crippen LogP contribution in [0.5, 0.6) is 0 Å². The molecular formula is C7H6EuO. The Hall–Kier alpha value is 0.474. The van der Waals surface area contributed by atoms with Crippen LogP contribution in [0.2, 0.25) is 0 Å². The largest absolute Gasteiger partial charge is 0.298 e. The number of hydrogen-bond acceptors (Lipinski definition) is 1. The van der Waals surface area contributed by atoms with Gasteiger partial charge in [0.15, 0.2) is 0 Å². The second kappa shape index (κ2) is 5.27. The van der Waals surface area contributed by atoms with Gasteiger partial charge in [-0.05, 0) is 0 Å². The summed E-state index contributed by atoms with van der Waals surface area (Å²) < 4.78 is 0. The van der Waals surface area contributed by atoms with E-state index in [2.05, 4.69) is 0 Å². The van der Waals surface area contributed by atoms with Gasteiger partial charge in [-0.25, -0.2) is 0 Å². The van der Waals surface area contributed by atoms with Crippen molar-refractivity contribution < 1.29 is 54.2 Å². The van der Waals surface area contributed by atoms with Crippen LogP contribution in [0.1, 0.15) is 10.4 Å². The first-order chi connectivity index (χ1) is 3.93. The minimum atomic E-state index is 0. The Labute approximate surface area is 95.0 Å². The van der Waals surface area contributed by atoms with Crippen molar-refractivity contribution in [3.05, 3.63) is 35.9 Å². The van der Waals surface area contributed by atoms with Crippen molar-refractivity contribution in [3.63, 3.8) is 0 Å². The summed E-state index contributed by atoms with van der Waals surface area (Å²) in [5, 5.41) is 0. The zero-order valence-electron chi connectivity index (χ0n) is 4.75. The van der Waals surface area contributed by atoms with Crippen molar-refractivity contribution in [3.8, 4) is 0 Å². The second-order valence-corrected chi connectivity index (χ2v) is 1.53. The van der Waals surface area contributed by atoms with Crippen molar-refractivity contribution in [2.45, 2.75) is 0 Å². The number of aldehydes is 1. The average molecular weight is 258 g/mol. The van der Waals surface area contributed by atoms with Gasteiger partial charge in [0.05, 0.1) is 0 Å². The van der Waals surface area contributed by atoms with E-state index < -0.39 is 0 Å². The van der Waals surface area contributed by atoms with Crippen molar-refractivity contribution in [1.82, 2.24) is 0 Å². The Morgan fingerprint density at radius 1 is 1.11 bits per heavy atom. The first-order valence-corrected chi connectivity index (χ1v) is 2.44.